The fraction of sp³-hybridized carbons (Fsp3) is 0.286. The predicted octanol–water partition coefficient (Wildman–Crippen LogP) is 4.72. The Morgan fingerprint density at radius 2 is 2.00 bits per heavy atom. The molecule has 2 heterocycles. The minimum Gasteiger partial charge on any atom is -0.337 e. The molecular formula is C21H22N4O2. The number of hydrogen-bond donors (Lipinski definition) is 1. The van der Waals surface area contributed by atoms with Crippen molar-refractivity contribution in [3.8, 4) is 11.4 Å². The van der Waals surface area contributed by atoms with Gasteiger partial charge in [-0.25, -0.2) is 4.79 Å². The van der Waals surface area contributed by atoms with E-state index in [1.165, 1.54) is 5.56 Å². The van der Waals surface area contributed by atoms with Gasteiger partial charge in [-0.3, -0.25) is 0 Å². The zero-order valence-electron chi connectivity index (χ0n) is 15.5. The molecule has 1 atom stereocenters. The Morgan fingerprint density at radius 3 is 2.78 bits per heavy atom. The second kappa shape index (κ2) is 7.23. The van der Waals surface area contributed by atoms with E-state index in [0.717, 1.165) is 29.7 Å². The number of likely N-dealkylation sites (tertiary alicyclic amines) is 1. The number of rotatable bonds is 3. The molecule has 1 aromatic heterocycles. The standard InChI is InChI=1S/C21H22N4O2/c1-14-10-11-17(15(2)13-14)22-21(26)25-12-6-9-18(25)20-23-19(24-27-20)16-7-4-3-5-8-16/h3-5,7-8,10-11,13,18H,6,9,12H2,1-2H3,(H,22,26). The molecule has 0 spiro atoms. The van der Waals surface area contributed by atoms with Gasteiger partial charge in [0.05, 0.1) is 0 Å². The Morgan fingerprint density at radius 1 is 1.19 bits per heavy atom. The second-order valence-electron chi connectivity index (χ2n) is 6.92. The first-order valence-electron chi connectivity index (χ1n) is 9.16. The summed E-state index contributed by atoms with van der Waals surface area (Å²) in [6, 6.07) is 15.4. The highest BCUT2D eigenvalue weighted by molar-refractivity contribution is 5.90. The minimum atomic E-state index is -0.194. The van der Waals surface area contributed by atoms with Crippen LogP contribution in [0.1, 0.15) is 35.9 Å². The van der Waals surface area contributed by atoms with Crippen molar-refractivity contribution in [1.29, 1.82) is 0 Å². The summed E-state index contributed by atoms with van der Waals surface area (Å²) in [4.78, 5) is 19.1. The van der Waals surface area contributed by atoms with Crippen LogP contribution in [0.2, 0.25) is 0 Å². The molecular weight excluding hydrogens is 340 g/mol. The highest BCUT2D eigenvalue weighted by Crippen LogP contribution is 2.32. The van der Waals surface area contributed by atoms with Gasteiger partial charge in [0.15, 0.2) is 0 Å². The summed E-state index contributed by atoms with van der Waals surface area (Å²) in [6.45, 7) is 4.70. The number of carbonyl (C=O) groups excluding carboxylic acids is 1. The van der Waals surface area contributed by atoms with E-state index in [0.29, 0.717) is 18.3 Å². The van der Waals surface area contributed by atoms with Crippen molar-refractivity contribution in [3.05, 3.63) is 65.5 Å². The number of nitrogens with one attached hydrogen (secondary N) is 1. The third-order valence-electron chi connectivity index (χ3n) is 4.90. The highest BCUT2D eigenvalue weighted by Gasteiger charge is 2.34. The fourth-order valence-corrected chi connectivity index (χ4v) is 3.48. The van der Waals surface area contributed by atoms with Crippen LogP contribution in [0.25, 0.3) is 11.4 Å². The van der Waals surface area contributed by atoms with Crippen LogP contribution in [0.4, 0.5) is 10.5 Å². The molecule has 6 heteroatoms. The first kappa shape index (κ1) is 17.3. The van der Waals surface area contributed by atoms with Crippen molar-refractivity contribution in [3.63, 3.8) is 0 Å². The highest BCUT2D eigenvalue weighted by atomic mass is 16.5. The Hall–Kier alpha value is -3.15. The molecule has 1 N–H and O–H groups in total. The number of urea groups is 1. The van der Waals surface area contributed by atoms with Crippen LogP contribution in [0.3, 0.4) is 0 Å². The molecule has 1 fully saturated rings. The number of anilines is 1. The van der Waals surface area contributed by atoms with Gasteiger partial charge in [0.1, 0.15) is 6.04 Å². The Balaban J connectivity index is 1.52. The predicted molar refractivity (Wildman–Crippen MR) is 103 cm³/mol. The van der Waals surface area contributed by atoms with Crippen LogP contribution in [-0.2, 0) is 0 Å². The third-order valence-corrected chi connectivity index (χ3v) is 4.90. The van der Waals surface area contributed by atoms with Crippen LogP contribution in [0.5, 0.6) is 0 Å². The summed E-state index contributed by atoms with van der Waals surface area (Å²) in [6.07, 6.45) is 1.73. The van der Waals surface area contributed by atoms with Crippen LogP contribution < -0.4 is 5.32 Å². The van der Waals surface area contributed by atoms with E-state index in [1.54, 1.807) is 4.90 Å². The Bertz CT molecular complexity index is 952. The number of hydrogen-bond acceptors (Lipinski definition) is 4. The van der Waals surface area contributed by atoms with Gasteiger partial charge in [0, 0.05) is 17.8 Å². The van der Waals surface area contributed by atoms with E-state index >= 15 is 0 Å². The number of carbonyl (C=O) groups is 1. The topological polar surface area (TPSA) is 71.3 Å². The molecule has 0 radical (unpaired) electrons. The fourth-order valence-electron chi connectivity index (χ4n) is 3.48. The lowest BCUT2D eigenvalue weighted by atomic mass is 10.1. The molecule has 3 aromatic rings. The molecule has 0 bridgehead atoms. The van der Waals surface area contributed by atoms with E-state index in [4.69, 9.17) is 4.52 Å². The van der Waals surface area contributed by atoms with E-state index in [-0.39, 0.29) is 12.1 Å². The Kier molecular flexibility index (Phi) is 4.62. The quantitative estimate of drug-likeness (QED) is 0.732. The van der Waals surface area contributed by atoms with Crippen LogP contribution in [0.15, 0.2) is 53.1 Å². The Labute approximate surface area is 158 Å². The minimum absolute atomic E-state index is 0.135. The number of amides is 2. The summed E-state index contributed by atoms with van der Waals surface area (Å²) in [5.41, 5.74) is 3.94. The van der Waals surface area contributed by atoms with Gasteiger partial charge in [0.2, 0.25) is 11.7 Å². The maximum Gasteiger partial charge on any atom is 0.322 e. The molecule has 6 nitrogen and oxygen atoms in total. The molecule has 1 unspecified atom stereocenters. The van der Waals surface area contributed by atoms with Crippen LogP contribution in [-0.4, -0.2) is 27.6 Å². The van der Waals surface area contributed by atoms with Gasteiger partial charge < -0.3 is 14.7 Å². The van der Waals surface area contributed by atoms with E-state index in [2.05, 4.69) is 21.5 Å². The van der Waals surface area contributed by atoms with E-state index < -0.39 is 0 Å². The largest absolute Gasteiger partial charge is 0.337 e. The van der Waals surface area contributed by atoms with Crippen molar-refractivity contribution in [2.24, 2.45) is 0 Å². The lowest BCUT2D eigenvalue weighted by Crippen LogP contribution is -2.34. The molecule has 1 aliphatic heterocycles. The van der Waals surface area contributed by atoms with Crippen molar-refractivity contribution >= 4 is 11.7 Å². The lowest BCUT2D eigenvalue weighted by molar-refractivity contribution is 0.193. The molecule has 1 saturated heterocycles. The second-order valence-corrected chi connectivity index (χ2v) is 6.92. The van der Waals surface area contributed by atoms with E-state index in [1.807, 2.05) is 56.3 Å². The first-order valence-corrected chi connectivity index (χ1v) is 9.16. The van der Waals surface area contributed by atoms with Gasteiger partial charge in [-0.05, 0) is 38.3 Å². The van der Waals surface area contributed by atoms with Crippen molar-refractivity contribution in [2.75, 3.05) is 11.9 Å². The molecule has 0 aliphatic carbocycles. The van der Waals surface area contributed by atoms with Crippen molar-refractivity contribution in [1.82, 2.24) is 15.0 Å². The molecule has 138 valence electrons. The zero-order chi connectivity index (χ0) is 18.8. The zero-order valence-corrected chi connectivity index (χ0v) is 15.5. The van der Waals surface area contributed by atoms with Gasteiger partial charge in [-0.1, -0.05) is 53.2 Å². The van der Waals surface area contributed by atoms with Crippen LogP contribution in [0, 0.1) is 13.8 Å². The third kappa shape index (κ3) is 3.56. The summed E-state index contributed by atoms with van der Waals surface area (Å²) in [7, 11) is 0. The molecule has 2 aromatic carbocycles. The normalized spacial score (nSPS) is 16.5. The average Bonchev–Trinajstić information content (AvgIpc) is 3.33. The maximum absolute atomic E-state index is 12.8. The molecule has 0 saturated carbocycles. The number of aromatic nitrogens is 2. The summed E-state index contributed by atoms with van der Waals surface area (Å²) in [5, 5.41) is 7.10. The average molecular weight is 362 g/mol. The molecule has 4 rings (SSSR count). The SMILES string of the molecule is Cc1ccc(NC(=O)N2CCCC2c2nc(-c3ccccc3)no2)c(C)c1. The number of benzene rings is 2. The number of nitrogens with zero attached hydrogens (tertiary/aromatic N) is 3. The summed E-state index contributed by atoms with van der Waals surface area (Å²) >= 11 is 0. The van der Waals surface area contributed by atoms with Crippen molar-refractivity contribution in [2.45, 2.75) is 32.7 Å². The number of aryl methyl sites for hydroxylation is 2. The molecule has 27 heavy (non-hydrogen) atoms. The van der Waals surface area contributed by atoms with Gasteiger partial charge in [0.25, 0.3) is 0 Å². The maximum atomic E-state index is 12.8. The van der Waals surface area contributed by atoms with E-state index in [9.17, 15) is 4.79 Å². The van der Waals surface area contributed by atoms with Gasteiger partial charge >= 0.3 is 6.03 Å². The van der Waals surface area contributed by atoms with Gasteiger partial charge in [-0.15, -0.1) is 0 Å². The lowest BCUT2D eigenvalue weighted by Gasteiger charge is -2.22. The first-order chi connectivity index (χ1) is 13.1. The summed E-state index contributed by atoms with van der Waals surface area (Å²) < 4.78 is 5.49. The summed E-state index contributed by atoms with van der Waals surface area (Å²) in [5.74, 6) is 1.04. The molecule has 1 aliphatic rings. The van der Waals surface area contributed by atoms with Crippen LogP contribution >= 0.6 is 0 Å². The van der Waals surface area contributed by atoms with Crippen molar-refractivity contribution < 1.29 is 9.32 Å². The smallest absolute Gasteiger partial charge is 0.322 e. The van der Waals surface area contributed by atoms with Gasteiger partial charge in [-0.2, -0.15) is 4.98 Å². The molecule has 2 amide bonds. The monoisotopic (exact) mass is 362 g/mol.